The summed E-state index contributed by atoms with van der Waals surface area (Å²) in [5.74, 6) is -0.0956. The minimum Gasteiger partial charge on any atom is -0.272 e. The van der Waals surface area contributed by atoms with E-state index in [1.165, 1.54) is 13.8 Å². The SMILES string of the molecule is CCC(CBr)CN1C(=O)C(C)(C)S1(=O)=O. The summed E-state index contributed by atoms with van der Waals surface area (Å²) < 4.78 is 23.3. The van der Waals surface area contributed by atoms with E-state index in [1.807, 2.05) is 6.92 Å². The summed E-state index contributed by atoms with van der Waals surface area (Å²) in [5, 5.41) is 0.712. The van der Waals surface area contributed by atoms with Gasteiger partial charge in [-0.1, -0.05) is 29.3 Å². The highest BCUT2D eigenvalue weighted by Crippen LogP contribution is 2.35. The van der Waals surface area contributed by atoms with Crippen molar-refractivity contribution in [3.8, 4) is 0 Å². The van der Waals surface area contributed by atoms with E-state index in [0.717, 1.165) is 10.7 Å². The van der Waals surface area contributed by atoms with Crippen LogP contribution in [-0.2, 0) is 14.8 Å². The van der Waals surface area contributed by atoms with Gasteiger partial charge in [-0.25, -0.2) is 12.7 Å². The molecule has 6 heteroatoms. The first kappa shape index (κ1) is 13.0. The number of carbonyl (C=O) groups is 1. The van der Waals surface area contributed by atoms with Gasteiger partial charge in [-0.15, -0.1) is 0 Å². The number of sulfonamides is 1. The Bertz CT molecular complexity index is 360. The second-order valence-electron chi connectivity index (χ2n) is 4.28. The molecule has 0 aromatic heterocycles. The summed E-state index contributed by atoms with van der Waals surface area (Å²) in [7, 11) is -3.40. The monoisotopic (exact) mass is 297 g/mol. The topological polar surface area (TPSA) is 54.5 Å². The molecule has 1 atom stereocenters. The molecule has 0 N–H and O–H groups in total. The van der Waals surface area contributed by atoms with Crippen LogP contribution in [0.4, 0.5) is 0 Å². The third-order valence-electron chi connectivity index (χ3n) is 2.90. The molecule has 1 amide bonds. The second kappa shape index (κ2) is 4.05. The van der Waals surface area contributed by atoms with Crippen LogP contribution < -0.4 is 0 Å². The van der Waals surface area contributed by atoms with E-state index in [1.54, 1.807) is 0 Å². The van der Waals surface area contributed by atoms with E-state index in [0.29, 0.717) is 11.9 Å². The molecule has 1 rings (SSSR count). The molecule has 1 unspecified atom stereocenters. The lowest BCUT2D eigenvalue weighted by Gasteiger charge is -2.44. The van der Waals surface area contributed by atoms with Crippen molar-refractivity contribution < 1.29 is 13.2 Å². The van der Waals surface area contributed by atoms with Crippen molar-refractivity contribution in [2.24, 2.45) is 5.92 Å². The first-order valence-corrected chi connectivity index (χ1v) is 7.47. The molecular formula is C9H16BrNO3S. The van der Waals surface area contributed by atoms with Gasteiger partial charge < -0.3 is 0 Å². The van der Waals surface area contributed by atoms with Gasteiger partial charge in [-0.05, 0) is 19.8 Å². The van der Waals surface area contributed by atoms with Crippen molar-refractivity contribution in [3.05, 3.63) is 0 Å². The van der Waals surface area contributed by atoms with Gasteiger partial charge >= 0.3 is 0 Å². The van der Waals surface area contributed by atoms with E-state index in [4.69, 9.17) is 0 Å². The van der Waals surface area contributed by atoms with Crippen LogP contribution in [0.1, 0.15) is 27.2 Å². The molecule has 0 bridgehead atoms. The molecule has 0 aromatic carbocycles. The Balaban J connectivity index is 2.80. The molecule has 1 saturated heterocycles. The zero-order valence-corrected chi connectivity index (χ0v) is 11.6. The van der Waals surface area contributed by atoms with Crippen LogP contribution in [0, 0.1) is 5.92 Å². The first-order chi connectivity index (χ1) is 6.79. The largest absolute Gasteiger partial charge is 0.272 e. The van der Waals surface area contributed by atoms with Crippen molar-refractivity contribution in [1.29, 1.82) is 0 Å². The number of halogens is 1. The molecule has 0 saturated carbocycles. The van der Waals surface area contributed by atoms with Crippen LogP contribution in [0.3, 0.4) is 0 Å². The Morgan fingerprint density at radius 2 is 2.00 bits per heavy atom. The minimum absolute atomic E-state index is 0.194. The summed E-state index contributed by atoms with van der Waals surface area (Å²) >= 11 is 3.31. The number of amides is 1. The maximum Gasteiger partial charge on any atom is 0.258 e. The van der Waals surface area contributed by atoms with Gasteiger partial charge in [0.25, 0.3) is 15.9 Å². The Kier molecular flexibility index (Phi) is 3.50. The lowest BCUT2D eigenvalue weighted by Crippen LogP contribution is -2.67. The molecule has 1 aliphatic heterocycles. The fourth-order valence-electron chi connectivity index (χ4n) is 1.46. The zero-order valence-electron chi connectivity index (χ0n) is 9.16. The quantitative estimate of drug-likeness (QED) is 0.736. The zero-order chi connectivity index (χ0) is 11.9. The first-order valence-electron chi connectivity index (χ1n) is 4.91. The van der Waals surface area contributed by atoms with Crippen LogP contribution in [0.2, 0.25) is 0 Å². The Morgan fingerprint density at radius 3 is 2.33 bits per heavy atom. The smallest absolute Gasteiger partial charge is 0.258 e. The molecule has 0 aliphatic carbocycles. The van der Waals surface area contributed by atoms with Gasteiger partial charge in [0.2, 0.25) is 0 Å². The summed E-state index contributed by atoms with van der Waals surface area (Å²) in [5.41, 5.74) is 0. The Morgan fingerprint density at radius 1 is 1.47 bits per heavy atom. The molecule has 15 heavy (non-hydrogen) atoms. The average Bonchev–Trinajstić information content (AvgIpc) is 2.18. The molecule has 0 spiro atoms. The van der Waals surface area contributed by atoms with Gasteiger partial charge in [-0.3, -0.25) is 4.79 Å². The van der Waals surface area contributed by atoms with Crippen LogP contribution >= 0.6 is 15.9 Å². The molecule has 4 nitrogen and oxygen atoms in total. The average molecular weight is 298 g/mol. The fourth-order valence-corrected chi connectivity index (χ4v) is 3.72. The number of nitrogens with zero attached hydrogens (tertiary/aromatic N) is 1. The number of carbonyl (C=O) groups excluding carboxylic acids is 1. The van der Waals surface area contributed by atoms with Crippen LogP contribution in [0.15, 0.2) is 0 Å². The van der Waals surface area contributed by atoms with Crippen LogP contribution in [0.25, 0.3) is 0 Å². The van der Waals surface area contributed by atoms with Crippen molar-refractivity contribution in [3.63, 3.8) is 0 Å². The Hall–Kier alpha value is -0.100. The summed E-state index contributed by atoms with van der Waals surface area (Å²) in [4.78, 5) is 11.6. The van der Waals surface area contributed by atoms with Gasteiger partial charge in [0.05, 0.1) is 0 Å². The molecule has 88 valence electrons. The van der Waals surface area contributed by atoms with Crippen LogP contribution in [-0.4, -0.2) is 35.3 Å². The number of hydrogen-bond acceptors (Lipinski definition) is 3. The number of rotatable bonds is 4. The van der Waals surface area contributed by atoms with Crippen molar-refractivity contribution in [2.75, 3.05) is 11.9 Å². The lowest BCUT2D eigenvalue weighted by atomic mass is 10.1. The van der Waals surface area contributed by atoms with E-state index in [9.17, 15) is 13.2 Å². The third-order valence-corrected chi connectivity index (χ3v) is 6.17. The highest BCUT2D eigenvalue weighted by Gasteiger charge is 2.60. The van der Waals surface area contributed by atoms with Crippen molar-refractivity contribution >= 4 is 31.9 Å². The van der Waals surface area contributed by atoms with Crippen molar-refractivity contribution in [2.45, 2.75) is 31.9 Å². The molecule has 0 radical (unpaired) electrons. The van der Waals surface area contributed by atoms with E-state index < -0.39 is 14.8 Å². The van der Waals surface area contributed by atoms with Gasteiger partial charge in [-0.2, -0.15) is 0 Å². The predicted molar refractivity (Wildman–Crippen MR) is 62.3 cm³/mol. The van der Waals surface area contributed by atoms with Gasteiger partial charge in [0.15, 0.2) is 4.75 Å². The third kappa shape index (κ3) is 1.82. The van der Waals surface area contributed by atoms with E-state index in [-0.39, 0.29) is 11.8 Å². The van der Waals surface area contributed by atoms with Crippen LogP contribution in [0.5, 0.6) is 0 Å². The van der Waals surface area contributed by atoms with Gasteiger partial charge in [0.1, 0.15) is 0 Å². The number of alkyl halides is 1. The fraction of sp³-hybridized carbons (Fsp3) is 0.889. The maximum atomic E-state index is 11.7. The van der Waals surface area contributed by atoms with E-state index >= 15 is 0 Å². The molecule has 1 aliphatic rings. The second-order valence-corrected chi connectivity index (χ2v) is 7.34. The standard InChI is InChI=1S/C9H16BrNO3S/c1-4-7(5-10)6-11-8(12)9(2,3)15(11,13)14/h7H,4-6H2,1-3H3. The van der Waals surface area contributed by atoms with Gasteiger partial charge in [0, 0.05) is 11.9 Å². The molecule has 0 aromatic rings. The maximum absolute atomic E-state index is 11.7. The lowest BCUT2D eigenvalue weighted by molar-refractivity contribution is -0.132. The van der Waals surface area contributed by atoms with E-state index in [2.05, 4.69) is 15.9 Å². The highest BCUT2D eigenvalue weighted by molar-refractivity contribution is 9.09. The Labute approximate surface area is 99.2 Å². The minimum atomic E-state index is -3.40. The molecule has 1 fully saturated rings. The summed E-state index contributed by atoms with van der Waals surface area (Å²) in [6, 6.07) is 0. The van der Waals surface area contributed by atoms with Crippen molar-refractivity contribution in [1.82, 2.24) is 4.31 Å². The molecular weight excluding hydrogens is 282 g/mol. The number of hydrogen-bond donors (Lipinski definition) is 0. The normalized spacial score (nSPS) is 24.8. The summed E-state index contributed by atoms with van der Waals surface area (Å²) in [6.07, 6.45) is 0.852. The molecule has 1 heterocycles. The highest BCUT2D eigenvalue weighted by atomic mass is 79.9. The summed E-state index contributed by atoms with van der Waals surface area (Å²) in [6.45, 7) is 5.19. The predicted octanol–water partition coefficient (Wildman–Crippen LogP) is 1.36.